The van der Waals surface area contributed by atoms with Crippen LogP contribution < -0.4 is 4.90 Å². The fraction of sp³-hybridized carbons (Fsp3) is 0.167. The van der Waals surface area contributed by atoms with Crippen LogP contribution in [0.2, 0.25) is 0 Å². The monoisotopic (exact) mass is 512 g/mol. The van der Waals surface area contributed by atoms with Gasteiger partial charge in [0.15, 0.2) is 15.4 Å². The third kappa shape index (κ3) is 4.95. The second kappa shape index (κ2) is 9.41. The largest absolute Gasteiger partial charge is 0.462 e. The second-order valence-corrected chi connectivity index (χ2v) is 11.3. The number of aromatic nitrogens is 1. The lowest BCUT2D eigenvalue weighted by molar-refractivity contribution is 0.318. The maximum atomic E-state index is 13.0. The summed E-state index contributed by atoms with van der Waals surface area (Å²) >= 11 is 0. The SMILES string of the molecule is CC1=CC(=C(c2nc3ccc4ccccc4c3o2)S(C)(=O)=O)C=C(C=Cc2ccc(N(C)C)cc2C)O1. The van der Waals surface area contributed by atoms with Gasteiger partial charge in [-0.2, -0.15) is 0 Å². The smallest absolute Gasteiger partial charge is 0.239 e. The number of allylic oxidation sites excluding steroid dienone is 5. The summed E-state index contributed by atoms with van der Waals surface area (Å²) < 4.78 is 38.0. The van der Waals surface area contributed by atoms with Gasteiger partial charge in [0.2, 0.25) is 5.89 Å². The fourth-order valence-electron chi connectivity index (χ4n) is 4.42. The van der Waals surface area contributed by atoms with Crippen molar-refractivity contribution in [3.63, 3.8) is 0 Å². The highest BCUT2D eigenvalue weighted by Crippen LogP contribution is 2.34. The van der Waals surface area contributed by atoms with Crippen LogP contribution in [0, 0.1) is 6.92 Å². The Labute approximate surface area is 216 Å². The first-order chi connectivity index (χ1) is 17.6. The molecule has 0 amide bonds. The van der Waals surface area contributed by atoms with Crippen molar-refractivity contribution >= 4 is 48.4 Å². The predicted octanol–water partition coefficient (Wildman–Crippen LogP) is 6.64. The number of sulfone groups is 1. The normalized spacial score (nSPS) is 15.6. The lowest BCUT2D eigenvalue weighted by Gasteiger charge is -2.16. The van der Waals surface area contributed by atoms with Crippen LogP contribution in [0.3, 0.4) is 0 Å². The Hall–Kier alpha value is -4.10. The highest BCUT2D eigenvalue weighted by Gasteiger charge is 2.26. The van der Waals surface area contributed by atoms with E-state index in [1.54, 1.807) is 19.1 Å². The Kier molecular flexibility index (Phi) is 6.25. The van der Waals surface area contributed by atoms with Gasteiger partial charge in [0, 0.05) is 37.0 Å². The van der Waals surface area contributed by atoms with Crippen LogP contribution in [0.15, 0.2) is 94.3 Å². The van der Waals surface area contributed by atoms with E-state index in [-0.39, 0.29) is 10.8 Å². The first kappa shape index (κ1) is 24.6. The number of oxazole rings is 1. The standard InChI is InChI=1S/C30H28N2O4S/c1-19-16-24(32(3)4)13-10-21(19)11-14-25-18-23(17-20(2)35-25)29(37(5,33)34)30-31-27-15-12-22-8-6-7-9-26(22)28(27)36-30/h6-18H,1-5H3. The van der Waals surface area contributed by atoms with Crippen molar-refractivity contribution in [1.29, 1.82) is 0 Å². The lowest BCUT2D eigenvalue weighted by atomic mass is 10.1. The molecule has 0 fully saturated rings. The number of hydrogen-bond acceptors (Lipinski definition) is 6. The van der Waals surface area contributed by atoms with Crippen molar-refractivity contribution in [2.24, 2.45) is 0 Å². The molecule has 0 radical (unpaired) electrons. The topological polar surface area (TPSA) is 72.6 Å². The maximum Gasteiger partial charge on any atom is 0.239 e. The molecule has 5 rings (SSSR count). The third-order valence-corrected chi connectivity index (χ3v) is 7.39. The molecule has 0 aliphatic carbocycles. The van der Waals surface area contributed by atoms with Gasteiger partial charge < -0.3 is 14.1 Å². The molecular formula is C30H28N2O4S. The van der Waals surface area contributed by atoms with E-state index in [1.807, 2.05) is 62.6 Å². The number of aryl methyl sites for hydroxylation is 1. The summed E-state index contributed by atoms with van der Waals surface area (Å²) in [6.07, 6.45) is 8.37. The Balaban J connectivity index is 1.61. The van der Waals surface area contributed by atoms with E-state index in [2.05, 4.69) is 35.0 Å². The maximum absolute atomic E-state index is 13.0. The first-order valence-electron chi connectivity index (χ1n) is 11.9. The average Bonchev–Trinajstić information content (AvgIpc) is 3.26. The van der Waals surface area contributed by atoms with Crippen LogP contribution in [0.1, 0.15) is 23.9 Å². The van der Waals surface area contributed by atoms with Gasteiger partial charge in [-0.1, -0.05) is 42.5 Å². The number of anilines is 1. The van der Waals surface area contributed by atoms with Crippen LogP contribution in [0.25, 0.3) is 32.9 Å². The third-order valence-electron chi connectivity index (χ3n) is 6.24. The van der Waals surface area contributed by atoms with E-state index < -0.39 is 9.84 Å². The van der Waals surface area contributed by atoms with E-state index in [4.69, 9.17) is 9.15 Å². The van der Waals surface area contributed by atoms with Gasteiger partial charge in [-0.15, -0.1) is 0 Å². The molecule has 0 N–H and O–H groups in total. The highest BCUT2D eigenvalue weighted by atomic mass is 32.2. The molecule has 37 heavy (non-hydrogen) atoms. The Morgan fingerprint density at radius 2 is 1.76 bits per heavy atom. The summed E-state index contributed by atoms with van der Waals surface area (Å²) in [4.78, 5) is 6.63. The molecule has 0 saturated heterocycles. The summed E-state index contributed by atoms with van der Waals surface area (Å²) in [5, 5.41) is 1.87. The van der Waals surface area contributed by atoms with Crippen LogP contribution in [0.4, 0.5) is 5.69 Å². The molecule has 0 saturated carbocycles. The van der Waals surface area contributed by atoms with E-state index in [1.165, 1.54) is 6.26 Å². The zero-order valence-corrected chi connectivity index (χ0v) is 22.3. The van der Waals surface area contributed by atoms with Crippen molar-refractivity contribution in [2.75, 3.05) is 25.3 Å². The summed E-state index contributed by atoms with van der Waals surface area (Å²) in [7, 11) is 0.311. The van der Waals surface area contributed by atoms with Gasteiger partial charge in [-0.3, -0.25) is 0 Å². The summed E-state index contributed by atoms with van der Waals surface area (Å²) in [5.74, 6) is 1.15. The molecule has 1 aliphatic rings. The van der Waals surface area contributed by atoms with Crippen LogP contribution >= 0.6 is 0 Å². The Morgan fingerprint density at radius 1 is 0.973 bits per heavy atom. The van der Waals surface area contributed by atoms with E-state index in [0.29, 0.717) is 28.2 Å². The Bertz CT molecular complexity index is 1770. The average molecular weight is 513 g/mol. The molecule has 188 valence electrons. The van der Waals surface area contributed by atoms with Crippen LogP contribution in [-0.2, 0) is 14.6 Å². The number of nitrogens with zero attached hydrogens (tertiary/aromatic N) is 2. The molecule has 1 aromatic heterocycles. The second-order valence-electron chi connectivity index (χ2n) is 9.38. The number of hydrogen-bond donors (Lipinski definition) is 0. The van der Waals surface area contributed by atoms with Crippen LogP contribution in [0.5, 0.6) is 0 Å². The lowest BCUT2D eigenvalue weighted by Crippen LogP contribution is -2.08. The minimum absolute atomic E-state index is 0.0212. The molecule has 0 atom stereocenters. The number of rotatable bonds is 5. The molecule has 0 unspecified atom stereocenters. The van der Waals surface area contributed by atoms with Gasteiger partial charge >= 0.3 is 0 Å². The summed E-state index contributed by atoms with van der Waals surface area (Å²) in [6.45, 7) is 3.84. The molecular weight excluding hydrogens is 484 g/mol. The van der Waals surface area contributed by atoms with Gasteiger partial charge in [-0.25, -0.2) is 13.4 Å². The molecule has 3 aromatic carbocycles. The van der Waals surface area contributed by atoms with Gasteiger partial charge in [-0.05, 0) is 66.8 Å². The molecule has 2 heterocycles. The number of fused-ring (bicyclic) bond motifs is 3. The van der Waals surface area contributed by atoms with Crippen molar-refractivity contribution in [3.8, 4) is 0 Å². The zero-order valence-electron chi connectivity index (χ0n) is 21.4. The summed E-state index contributed by atoms with van der Waals surface area (Å²) in [6, 6.07) is 17.8. The van der Waals surface area contributed by atoms with Crippen molar-refractivity contribution in [1.82, 2.24) is 4.98 Å². The number of ether oxygens (including phenoxy) is 1. The Morgan fingerprint density at radius 3 is 2.49 bits per heavy atom. The van der Waals surface area contributed by atoms with Gasteiger partial charge in [0.1, 0.15) is 21.9 Å². The number of benzene rings is 3. The molecule has 4 aromatic rings. The van der Waals surface area contributed by atoms with E-state index in [0.717, 1.165) is 27.6 Å². The van der Waals surface area contributed by atoms with Crippen molar-refractivity contribution < 1.29 is 17.6 Å². The first-order valence-corrected chi connectivity index (χ1v) is 13.8. The highest BCUT2D eigenvalue weighted by molar-refractivity contribution is 8.00. The summed E-state index contributed by atoms with van der Waals surface area (Å²) in [5.41, 5.74) is 4.91. The molecule has 6 nitrogen and oxygen atoms in total. The van der Waals surface area contributed by atoms with E-state index in [9.17, 15) is 8.42 Å². The van der Waals surface area contributed by atoms with Gasteiger partial charge in [0.05, 0.1) is 0 Å². The quantitative estimate of drug-likeness (QED) is 0.298. The minimum Gasteiger partial charge on any atom is -0.462 e. The molecule has 0 bridgehead atoms. The zero-order chi connectivity index (χ0) is 26.3. The molecule has 0 spiro atoms. The molecule has 1 aliphatic heterocycles. The van der Waals surface area contributed by atoms with Gasteiger partial charge in [0.25, 0.3) is 0 Å². The minimum atomic E-state index is -3.70. The predicted molar refractivity (Wildman–Crippen MR) is 151 cm³/mol. The van der Waals surface area contributed by atoms with E-state index >= 15 is 0 Å². The van der Waals surface area contributed by atoms with Crippen LogP contribution in [-0.4, -0.2) is 33.8 Å². The fourth-order valence-corrected chi connectivity index (χ4v) is 5.37. The molecule has 7 heteroatoms. The van der Waals surface area contributed by atoms with Crippen molar-refractivity contribution in [3.05, 3.63) is 107 Å². The van der Waals surface area contributed by atoms with Crippen molar-refractivity contribution in [2.45, 2.75) is 13.8 Å².